The Morgan fingerprint density at radius 3 is 2.37 bits per heavy atom. The second-order valence-corrected chi connectivity index (χ2v) is 6.71. The Kier molecular flexibility index (Phi) is 7.31. The standard InChI is InChI=1S/C21H23F4N3O2/c1-4-30-20(29)27-16-9-10-17(18(22)19(16)26)28(11-13(2)3)12-14-5-7-15(8-6-14)21(23,24)25/h5-10H,2,4,11-12,26H2,1,3H3,(H,27,29). The van der Waals surface area contributed by atoms with Crippen molar-refractivity contribution in [3.63, 3.8) is 0 Å². The van der Waals surface area contributed by atoms with Gasteiger partial charge in [-0.25, -0.2) is 9.18 Å². The van der Waals surface area contributed by atoms with Gasteiger partial charge in [-0.1, -0.05) is 24.3 Å². The van der Waals surface area contributed by atoms with Gasteiger partial charge in [-0.2, -0.15) is 13.2 Å². The summed E-state index contributed by atoms with van der Waals surface area (Å²) in [4.78, 5) is 13.2. The Bertz CT molecular complexity index is 912. The number of rotatable bonds is 7. The van der Waals surface area contributed by atoms with E-state index in [1.54, 1.807) is 18.7 Å². The molecule has 0 aliphatic rings. The Hall–Kier alpha value is -3.23. The predicted octanol–water partition coefficient (Wildman–Crippen LogP) is 5.58. The summed E-state index contributed by atoms with van der Waals surface area (Å²) in [5, 5.41) is 2.36. The monoisotopic (exact) mass is 425 g/mol. The quantitative estimate of drug-likeness (QED) is 0.345. The van der Waals surface area contributed by atoms with Crippen LogP contribution in [0.4, 0.5) is 39.4 Å². The molecule has 0 aromatic heterocycles. The smallest absolute Gasteiger partial charge is 0.416 e. The van der Waals surface area contributed by atoms with Crippen molar-refractivity contribution >= 4 is 23.2 Å². The first kappa shape index (κ1) is 23.1. The third kappa shape index (κ3) is 5.88. The van der Waals surface area contributed by atoms with Gasteiger partial charge in [-0.3, -0.25) is 5.32 Å². The molecule has 0 fully saturated rings. The minimum Gasteiger partial charge on any atom is -0.450 e. The van der Waals surface area contributed by atoms with Crippen molar-refractivity contribution in [3.05, 3.63) is 65.5 Å². The zero-order chi connectivity index (χ0) is 22.5. The third-order valence-corrected chi connectivity index (χ3v) is 4.13. The Balaban J connectivity index is 2.31. The summed E-state index contributed by atoms with van der Waals surface area (Å²) < 4.78 is 58.0. The van der Waals surface area contributed by atoms with Crippen LogP contribution in [-0.4, -0.2) is 19.2 Å². The zero-order valence-corrected chi connectivity index (χ0v) is 16.6. The van der Waals surface area contributed by atoms with E-state index in [9.17, 15) is 22.4 Å². The van der Waals surface area contributed by atoms with E-state index in [1.165, 1.54) is 24.3 Å². The van der Waals surface area contributed by atoms with E-state index >= 15 is 0 Å². The first-order valence-corrected chi connectivity index (χ1v) is 9.10. The number of halogens is 4. The average Bonchev–Trinajstić information content (AvgIpc) is 2.65. The van der Waals surface area contributed by atoms with Gasteiger partial charge >= 0.3 is 12.3 Å². The van der Waals surface area contributed by atoms with Gasteiger partial charge in [0.1, 0.15) is 0 Å². The molecule has 0 bridgehead atoms. The number of nitrogen functional groups attached to an aromatic ring is 1. The SMILES string of the molecule is C=C(C)CN(Cc1ccc(C(F)(F)F)cc1)c1ccc(NC(=O)OCC)c(N)c1F. The van der Waals surface area contributed by atoms with Crippen molar-refractivity contribution in [2.75, 3.05) is 29.1 Å². The van der Waals surface area contributed by atoms with Gasteiger partial charge in [0.2, 0.25) is 0 Å². The van der Waals surface area contributed by atoms with Crippen LogP contribution in [-0.2, 0) is 17.5 Å². The van der Waals surface area contributed by atoms with Crippen LogP contribution in [0.3, 0.4) is 0 Å². The molecule has 5 nitrogen and oxygen atoms in total. The second kappa shape index (κ2) is 9.51. The summed E-state index contributed by atoms with van der Waals surface area (Å²) in [6.07, 6.45) is -5.20. The highest BCUT2D eigenvalue weighted by Crippen LogP contribution is 2.33. The van der Waals surface area contributed by atoms with E-state index in [0.29, 0.717) is 11.1 Å². The molecular formula is C21H23F4N3O2. The van der Waals surface area contributed by atoms with Crippen LogP contribution in [0.15, 0.2) is 48.6 Å². The molecule has 3 N–H and O–H groups in total. The van der Waals surface area contributed by atoms with Crippen LogP contribution < -0.4 is 16.0 Å². The lowest BCUT2D eigenvalue weighted by Crippen LogP contribution is -2.26. The molecule has 0 aliphatic carbocycles. The maximum atomic E-state index is 15.0. The molecule has 30 heavy (non-hydrogen) atoms. The lowest BCUT2D eigenvalue weighted by atomic mass is 10.1. The summed E-state index contributed by atoms with van der Waals surface area (Å²) in [6.45, 7) is 7.72. The fraction of sp³-hybridized carbons (Fsp3) is 0.286. The Labute approximate surface area is 172 Å². The first-order valence-electron chi connectivity index (χ1n) is 9.10. The lowest BCUT2D eigenvalue weighted by Gasteiger charge is -2.27. The number of anilines is 3. The highest BCUT2D eigenvalue weighted by atomic mass is 19.4. The topological polar surface area (TPSA) is 67.6 Å². The molecule has 0 radical (unpaired) electrons. The van der Waals surface area contributed by atoms with Gasteiger partial charge in [-0.05, 0) is 43.7 Å². The number of nitrogens with two attached hydrogens (primary N) is 1. The molecule has 2 rings (SSSR count). The lowest BCUT2D eigenvalue weighted by molar-refractivity contribution is -0.137. The predicted molar refractivity (Wildman–Crippen MR) is 109 cm³/mol. The van der Waals surface area contributed by atoms with Gasteiger partial charge < -0.3 is 15.4 Å². The zero-order valence-electron chi connectivity index (χ0n) is 16.6. The maximum Gasteiger partial charge on any atom is 0.416 e. The van der Waals surface area contributed by atoms with Crippen molar-refractivity contribution in [2.24, 2.45) is 0 Å². The van der Waals surface area contributed by atoms with Gasteiger partial charge in [-0.15, -0.1) is 0 Å². The molecule has 0 spiro atoms. The number of carbonyl (C=O) groups excluding carboxylic acids is 1. The average molecular weight is 425 g/mol. The molecule has 2 aromatic rings. The second-order valence-electron chi connectivity index (χ2n) is 6.71. The first-order chi connectivity index (χ1) is 14.0. The van der Waals surface area contributed by atoms with Crippen LogP contribution in [0.2, 0.25) is 0 Å². The highest BCUT2D eigenvalue weighted by molar-refractivity contribution is 5.90. The number of benzene rings is 2. The third-order valence-electron chi connectivity index (χ3n) is 4.13. The van der Waals surface area contributed by atoms with Crippen molar-refractivity contribution < 1.29 is 27.1 Å². The molecule has 2 aromatic carbocycles. The van der Waals surface area contributed by atoms with E-state index in [4.69, 9.17) is 10.5 Å². The van der Waals surface area contributed by atoms with Crippen molar-refractivity contribution in [2.45, 2.75) is 26.6 Å². The summed E-state index contributed by atoms with van der Waals surface area (Å²) in [5.41, 5.74) is 6.25. The van der Waals surface area contributed by atoms with Crippen LogP contribution in [0, 0.1) is 5.82 Å². The number of hydrogen-bond donors (Lipinski definition) is 2. The Morgan fingerprint density at radius 1 is 1.20 bits per heavy atom. The van der Waals surface area contributed by atoms with E-state index in [-0.39, 0.29) is 36.8 Å². The van der Waals surface area contributed by atoms with Crippen LogP contribution in [0.1, 0.15) is 25.0 Å². The van der Waals surface area contributed by atoms with Crippen molar-refractivity contribution in [3.8, 4) is 0 Å². The van der Waals surface area contributed by atoms with Crippen LogP contribution in [0.5, 0.6) is 0 Å². The van der Waals surface area contributed by atoms with E-state index in [1.807, 2.05) is 0 Å². The van der Waals surface area contributed by atoms with Crippen molar-refractivity contribution in [1.82, 2.24) is 0 Å². The number of nitrogens with one attached hydrogen (secondary N) is 1. The molecule has 9 heteroatoms. The number of nitrogens with zero attached hydrogens (tertiary/aromatic N) is 1. The number of carbonyl (C=O) groups is 1. The molecule has 0 saturated heterocycles. The summed E-state index contributed by atoms with van der Waals surface area (Å²) in [5.74, 6) is -0.766. The van der Waals surface area contributed by atoms with Crippen LogP contribution >= 0.6 is 0 Å². The van der Waals surface area contributed by atoms with Gasteiger partial charge in [0.15, 0.2) is 5.82 Å². The number of amides is 1. The van der Waals surface area contributed by atoms with Gasteiger partial charge in [0.25, 0.3) is 0 Å². The normalized spacial score (nSPS) is 11.1. The fourth-order valence-electron chi connectivity index (χ4n) is 2.78. The van der Waals surface area contributed by atoms with Gasteiger partial charge in [0.05, 0.1) is 29.2 Å². The molecular weight excluding hydrogens is 402 g/mol. The molecule has 1 amide bonds. The highest BCUT2D eigenvalue weighted by Gasteiger charge is 2.30. The molecule has 162 valence electrons. The largest absolute Gasteiger partial charge is 0.450 e. The van der Waals surface area contributed by atoms with Crippen molar-refractivity contribution in [1.29, 1.82) is 0 Å². The fourth-order valence-corrected chi connectivity index (χ4v) is 2.78. The van der Waals surface area contributed by atoms with Gasteiger partial charge in [0, 0.05) is 13.1 Å². The van der Waals surface area contributed by atoms with Crippen LogP contribution in [0.25, 0.3) is 0 Å². The minimum atomic E-state index is -4.43. The van der Waals surface area contributed by atoms with E-state index in [0.717, 1.165) is 12.1 Å². The minimum absolute atomic E-state index is 0.0551. The molecule has 0 heterocycles. The molecule has 0 atom stereocenters. The number of ether oxygens (including phenoxy) is 1. The van der Waals surface area contributed by atoms with E-state index in [2.05, 4.69) is 11.9 Å². The maximum absolute atomic E-state index is 15.0. The molecule has 0 saturated carbocycles. The number of hydrogen-bond acceptors (Lipinski definition) is 4. The molecule has 0 unspecified atom stereocenters. The molecule has 0 aliphatic heterocycles. The summed E-state index contributed by atoms with van der Waals surface area (Å²) >= 11 is 0. The van der Waals surface area contributed by atoms with E-state index < -0.39 is 23.7 Å². The summed E-state index contributed by atoms with van der Waals surface area (Å²) in [6, 6.07) is 7.50. The number of alkyl halides is 3. The summed E-state index contributed by atoms with van der Waals surface area (Å²) in [7, 11) is 0. The Morgan fingerprint density at radius 2 is 1.83 bits per heavy atom.